The van der Waals surface area contributed by atoms with Crippen LogP contribution in [0.2, 0.25) is 0 Å². The molecule has 46 heavy (non-hydrogen) atoms. The average molecular weight is 624 g/mol. The highest BCUT2D eigenvalue weighted by Gasteiger charge is 2.30. The minimum atomic E-state index is -0.285. The highest BCUT2D eigenvalue weighted by Crippen LogP contribution is 2.40. The number of benzene rings is 2. The van der Waals surface area contributed by atoms with E-state index in [1.54, 1.807) is 18.2 Å². The Bertz CT molecular complexity index is 1590. The van der Waals surface area contributed by atoms with Crippen LogP contribution in [0.15, 0.2) is 61.4 Å². The third kappa shape index (κ3) is 6.92. The van der Waals surface area contributed by atoms with Gasteiger partial charge in [0, 0.05) is 63.9 Å². The maximum atomic E-state index is 12.5. The van der Waals surface area contributed by atoms with E-state index in [-0.39, 0.29) is 11.9 Å². The lowest BCUT2D eigenvalue weighted by Crippen LogP contribution is -2.52. The number of likely N-dealkylation sites (N-methyl/N-ethyl adjacent to an activating group) is 1. The van der Waals surface area contributed by atoms with E-state index in [0.717, 1.165) is 69.8 Å². The molecule has 12 heteroatoms. The molecular formula is C34H41N9O3. The Morgan fingerprint density at radius 2 is 1.87 bits per heavy atom. The summed E-state index contributed by atoms with van der Waals surface area (Å²) in [4.78, 5) is 34.8. The first-order chi connectivity index (χ1) is 22.4. The fourth-order valence-corrected chi connectivity index (χ4v) is 6.53. The van der Waals surface area contributed by atoms with Crippen LogP contribution in [0.1, 0.15) is 36.4 Å². The quantitative estimate of drug-likeness (QED) is 0.332. The molecule has 3 fully saturated rings. The standard InChI is InChI=1S/C34H41N9O3/c1-4-34(44)39-27-19-28(31(45-3)20-30(27)42-11-8-26(9-12-42)41-15-13-40(2)14-16-41)38-32-21-33(37-23-36-32)43-29(10-17-46-43)25-7-5-6-24(18-25)22-35/h4-7,18-21,23,26,29H,1,8-17H2,2-3H3,(H,39,44)(H,36,37,38)/t29-/m1/s1. The van der Waals surface area contributed by atoms with Crippen LogP contribution in [0.25, 0.3) is 0 Å². The zero-order valence-electron chi connectivity index (χ0n) is 26.5. The Hall–Kier alpha value is -4.70. The van der Waals surface area contributed by atoms with Crippen molar-refractivity contribution in [3.8, 4) is 11.8 Å². The van der Waals surface area contributed by atoms with E-state index < -0.39 is 0 Å². The number of nitrogens with one attached hydrogen (secondary N) is 2. The molecule has 0 saturated carbocycles. The number of hydroxylamine groups is 1. The first-order valence-electron chi connectivity index (χ1n) is 15.8. The predicted octanol–water partition coefficient (Wildman–Crippen LogP) is 4.32. The maximum absolute atomic E-state index is 12.5. The number of nitrogens with zero attached hydrogens (tertiary/aromatic N) is 7. The summed E-state index contributed by atoms with van der Waals surface area (Å²) >= 11 is 0. The predicted molar refractivity (Wildman–Crippen MR) is 178 cm³/mol. The van der Waals surface area contributed by atoms with Crippen molar-refractivity contribution < 1.29 is 14.4 Å². The van der Waals surface area contributed by atoms with E-state index in [4.69, 9.17) is 9.57 Å². The van der Waals surface area contributed by atoms with Gasteiger partial charge in [-0.15, -0.1) is 0 Å². The summed E-state index contributed by atoms with van der Waals surface area (Å²) in [5.74, 6) is 1.45. The normalized spacial score (nSPS) is 19.5. The van der Waals surface area contributed by atoms with Crippen molar-refractivity contribution in [3.05, 3.63) is 72.6 Å². The zero-order chi connectivity index (χ0) is 32.0. The zero-order valence-corrected chi connectivity index (χ0v) is 26.5. The number of piperidine rings is 1. The summed E-state index contributed by atoms with van der Waals surface area (Å²) in [7, 11) is 3.82. The average Bonchev–Trinajstić information content (AvgIpc) is 3.59. The lowest BCUT2D eigenvalue weighted by atomic mass is 10.0. The summed E-state index contributed by atoms with van der Waals surface area (Å²) in [5.41, 5.74) is 3.80. The Kier molecular flexibility index (Phi) is 9.63. The van der Waals surface area contributed by atoms with Crippen LogP contribution in [0.4, 0.5) is 28.7 Å². The first kappa shape index (κ1) is 31.3. The second kappa shape index (κ2) is 14.2. The van der Waals surface area contributed by atoms with Gasteiger partial charge >= 0.3 is 0 Å². The van der Waals surface area contributed by atoms with Gasteiger partial charge in [-0.05, 0) is 49.7 Å². The molecule has 0 aliphatic carbocycles. The Morgan fingerprint density at radius 3 is 2.61 bits per heavy atom. The van der Waals surface area contributed by atoms with Gasteiger partial charge in [0.1, 0.15) is 17.9 Å². The molecule has 3 aliphatic heterocycles. The Labute approximate surface area is 270 Å². The van der Waals surface area contributed by atoms with Crippen molar-refractivity contribution in [1.29, 1.82) is 5.26 Å². The maximum Gasteiger partial charge on any atom is 0.247 e. The molecular weight excluding hydrogens is 582 g/mol. The number of amides is 1. The van der Waals surface area contributed by atoms with E-state index in [1.807, 2.05) is 36.4 Å². The highest BCUT2D eigenvalue weighted by molar-refractivity contribution is 6.02. The van der Waals surface area contributed by atoms with Crippen molar-refractivity contribution >= 4 is 34.6 Å². The van der Waals surface area contributed by atoms with Crippen LogP contribution in [-0.4, -0.2) is 91.7 Å². The summed E-state index contributed by atoms with van der Waals surface area (Å²) in [6.07, 6.45) is 5.63. The van der Waals surface area contributed by atoms with Gasteiger partial charge in [-0.3, -0.25) is 14.5 Å². The van der Waals surface area contributed by atoms with Crippen molar-refractivity contribution in [2.24, 2.45) is 0 Å². The molecule has 3 aromatic rings. The fraction of sp³-hybridized carbons (Fsp3) is 0.412. The molecule has 1 atom stereocenters. The molecule has 2 N–H and O–H groups in total. The molecule has 3 aliphatic rings. The molecule has 6 rings (SSSR count). The van der Waals surface area contributed by atoms with Crippen LogP contribution < -0.4 is 25.3 Å². The van der Waals surface area contributed by atoms with Crippen molar-refractivity contribution in [2.75, 3.05) is 80.6 Å². The smallest absolute Gasteiger partial charge is 0.247 e. The topological polar surface area (TPSA) is 122 Å². The number of nitriles is 1. The number of carbonyl (C=O) groups is 1. The van der Waals surface area contributed by atoms with Gasteiger partial charge in [0.15, 0.2) is 5.82 Å². The molecule has 2 aromatic carbocycles. The van der Waals surface area contributed by atoms with Gasteiger partial charge in [-0.25, -0.2) is 15.0 Å². The molecule has 1 aromatic heterocycles. The highest BCUT2D eigenvalue weighted by atomic mass is 16.7. The van der Waals surface area contributed by atoms with E-state index in [0.29, 0.717) is 47.0 Å². The van der Waals surface area contributed by atoms with Crippen molar-refractivity contribution in [2.45, 2.75) is 31.3 Å². The SMILES string of the molecule is C=CC(=O)Nc1cc(Nc2cc(N3OCC[C@@H]3c3cccc(C#N)c3)ncn2)c(OC)cc1N1CCC(N2CCN(C)CC2)CC1. The van der Waals surface area contributed by atoms with E-state index >= 15 is 0 Å². The fourth-order valence-electron chi connectivity index (χ4n) is 6.53. The summed E-state index contributed by atoms with van der Waals surface area (Å²) in [6, 6.07) is 15.9. The van der Waals surface area contributed by atoms with Crippen LogP contribution in [0, 0.1) is 11.3 Å². The summed E-state index contributed by atoms with van der Waals surface area (Å²) in [6.45, 7) is 10.4. The minimum Gasteiger partial charge on any atom is -0.494 e. The number of rotatable bonds is 9. The largest absolute Gasteiger partial charge is 0.494 e. The van der Waals surface area contributed by atoms with Crippen molar-refractivity contribution in [3.63, 3.8) is 0 Å². The number of ether oxygens (including phenoxy) is 1. The number of hydrogen-bond acceptors (Lipinski definition) is 11. The lowest BCUT2D eigenvalue weighted by Gasteiger charge is -2.43. The van der Waals surface area contributed by atoms with Gasteiger partial charge in [0.05, 0.1) is 48.5 Å². The third-order valence-corrected chi connectivity index (χ3v) is 9.07. The van der Waals surface area contributed by atoms with Gasteiger partial charge in [-0.1, -0.05) is 18.7 Å². The second-order valence-corrected chi connectivity index (χ2v) is 11.9. The molecule has 12 nitrogen and oxygen atoms in total. The van der Waals surface area contributed by atoms with E-state index in [1.165, 1.54) is 12.4 Å². The Morgan fingerprint density at radius 1 is 1.07 bits per heavy atom. The van der Waals surface area contributed by atoms with Gasteiger partial charge in [0.2, 0.25) is 5.91 Å². The van der Waals surface area contributed by atoms with Gasteiger partial charge in [-0.2, -0.15) is 5.26 Å². The van der Waals surface area contributed by atoms with Gasteiger partial charge in [0.25, 0.3) is 0 Å². The van der Waals surface area contributed by atoms with E-state index in [2.05, 4.69) is 55.0 Å². The molecule has 0 radical (unpaired) electrons. The lowest BCUT2D eigenvalue weighted by molar-refractivity contribution is -0.111. The number of aromatic nitrogens is 2. The molecule has 4 heterocycles. The molecule has 3 saturated heterocycles. The van der Waals surface area contributed by atoms with Crippen LogP contribution in [-0.2, 0) is 9.63 Å². The van der Waals surface area contributed by atoms with E-state index in [9.17, 15) is 10.1 Å². The molecule has 240 valence electrons. The molecule has 0 bridgehead atoms. The Balaban J connectivity index is 1.22. The van der Waals surface area contributed by atoms with Crippen LogP contribution >= 0.6 is 0 Å². The number of carbonyl (C=O) groups excluding carboxylic acids is 1. The van der Waals surface area contributed by atoms with Gasteiger partial charge < -0.3 is 25.2 Å². The van der Waals surface area contributed by atoms with Crippen LogP contribution in [0.3, 0.4) is 0 Å². The number of methoxy groups -OCH3 is 1. The molecule has 1 amide bonds. The third-order valence-electron chi connectivity index (χ3n) is 9.07. The first-order valence-corrected chi connectivity index (χ1v) is 15.8. The summed E-state index contributed by atoms with van der Waals surface area (Å²) < 4.78 is 5.85. The minimum absolute atomic E-state index is 0.0917. The van der Waals surface area contributed by atoms with Crippen molar-refractivity contribution in [1.82, 2.24) is 19.8 Å². The number of hydrogen-bond donors (Lipinski definition) is 2. The number of anilines is 5. The summed E-state index contributed by atoms with van der Waals surface area (Å²) in [5, 5.41) is 17.5. The molecule has 0 spiro atoms. The van der Waals surface area contributed by atoms with Crippen LogP contribution in [0.5, 0.6) is 5.75 Å². The second-order valence-electron chi connectivity index (χ2n) is 11.9. The monoisotopic (exact) mass is 623 g/mol. The number of piperazine rings is 1. The molecule has 0 unspecified atom stereocenters.